The zero-order chi connectivity index (χ0) is 17.4. The van der Waals surface area contributed by atoms with E-state index >= 15 is 0 Å². The van der Waals surface area contributed by atoms with Gasteiger partial charge in [0.25, 0.3) is 0 Å². The zero-order valence-corrected chi connectivity index (χ0v) is 15.2. The van der Waals surface area contributed by atoms with Crippen LogP contribution in [0.5, 0.6) is 0 Å². The van der Waals surface area contributed by atoms with E-state index in [9.17, 15) is 10.1 Å². The van der Waals surface area contributed by atoms with Gasteiger partial charge in [-0.05, 0) is 57.2 Å². The highest BCUT2D eigenvalue weighted by Crippen LogP contribution is 2.42. The summed E-state index contributed by atoms with van der Waals surface area (Å²) in [5.41, 5.74) is 2.29. The largest absolute Gasteiger partial charge is 0.339 e. The number of hydrogen-bond acceptors (Lipinski definition) is 3. The number of amides is 1. The van der Waals surface area contributed by atoms with Crippen LogP contribution in [0.25, 0.3) is 0 Å². The standard InChI is InChI=1S/C20H28N4O/c1-2-23-13-16(10-18(23)11-21)12-22-9-3-7-20(14-22)8-6-19(25)24(15-20)17-4-5-17/h10,13,17H,2-9,12,14-15H2,1H3/t20-/m1/s1. The molecule has 3 heterocycles. The Morgan fingerprint density at radius 1 is 1.32 bits per heavy atom. The maximum Gasteiger partial charge on any atom is 0.222 e. The lowest BCUT2D eigenvalue weighted by molar-refractivity contribution is -0.140. The third-order valence-corrected chi connectivity index (χ3v) is 6.24. The van der Waals surface area contributed by atoms with Crippen molar-refractivity contribution in [1.82, 2.24) is 14.4 Å². The molecule has 3 aliphatic rings. The molecule has 0 N–H and O–H groups in total. The first-order valence-electron chi connectivity index (χ1n) is 9.73. The Labute approximate surface area is 150 Å². The molecule has 2 aliphatic heterocycles. The van der Waals surface area contributed by atoms with Gasteiger partial charge in [0.15, 0.2) is 0 Å². The van der Waals surface area contributed by atoms with Crippen molar-refractivity contribution in [2.24, 2.45) is 5.41 Å². The molecule has 3 fully saturated rings. The van der Waals surface area contributed by atoms with E-state index in [4.69, 9.17) is 0 Å². The van der Waals surface area contributed by atoms with Crippen molar-refractivity contribution >= 4 is 5.91 Å². The first kappa shape index (κ1) is 16.7. The summed E-state index contributed by atoms with van der Waals surface area (Å²) >= 11 is 0. The zero-order valence-electron chi connectivity index (χ0n) is 15.2. The quantitative estimate of drug-likeness (QED) is 0.847. The summed E-state index contributed by atoms with van der Waals surface area (Å²) in [5.74, 6) is 0.379. The summed E-state index contributed by atoms with van der Waals surface area (Å²) in [6.07, 6.45) is 8.77. The fraction of sp³-hybridized carbons (Fsp3) is 0.700. The summed E-state index contributed by atoms with van der Waals surface area (Å²) in [6, 6.07) is 4.86. The maximum absolute atomic E-state index is 12.3. The van der Waals surface area contributed by atoms with Gasteiger partial charge in [-0.1, -0.05) is 0 Å². The van der Waals surface area contributed by atoms with Crippen LogP contribution in [0.2, 0.25) is 0 Å². The van der Waals surface area contributed by atoms with Crippen molar-refractivity contribution in [2.75, 3.05) is 19.6 Å². The summed E-state index contributed by atoms with van der Waals surface area (Å²) in [5, 5.41) is 9.26. The van der Waals surface area contributed by atoms with Crippen molar-refractivity contribution in [3.8, 4) is 6.07 Å². The van der Waals surface area contributed by atoms with E-state index in [1.807, 2.05) is 10.6 Å². The predicted molar refractivity (Wildman–Crippen MR) is 95.7 cm³/mol. The van der Waals surface area contributed by atoms with Crippen molar-refractivity contribution in [3.05, 3.63) is 23.5 Å². The number of piperidine rings is 2. The summed E-state index contributed by atoms with van der Waals surface area (Å²) < 4.78 is 2.03. The third kappa shape index (κ3) is 3.32. The average Bonchev–Trinajstić information content (AvgIpc) is 3.38. The molecule has 1 aromatic rings. The molecule has 1 atom stereocenters. The van der Waals surface area contributed by atoms with Crippen LogP contribution in [-0.4, -0.2) is 46.0 Å². The average molecular weight is 340 g/mol. The Morgan fingerprint density at radius 2 is 2.16 bits per heavy atom. The Hall–Kier alpha value is -1.80. The Morgan fingerprint density at radius 3 is 2.84 bits per heavy atom. The van der Waals surface area contributed by atoms with Crippen LogP contribution in [-0.2, 0) is 17.9 Å². The number of aromatic nitrogens is 1. The minimum Gasteiger partial charge on any atom is -0.339 e. The number of likely N-dealkylation sites (tertiary alicyclic amines) is 2. The lowest BCUT2D eigenvalue weighted by atomic mass is 9.73. The molecule has 4 rings (SSSR count). The van der Waals surface area contributed by atoms with Gasteiger partial charge in [-0.15, -0.1) is 0 Å². The number of aryl methyl sites for hydroxylation is 1. The molecule has 0 aromatic carbocycles. The highest BCUT2D eigenvalue weighted by Gasteiger charge is 2.45. The number of nitriles is 1. The molecule has 1 aliphatic carbocycles. The third-order valence-electron chi connectivity index (χ3n) is 6.24. The van der Waals surface area contributed by atoms with Crippen LogP contribution in [0, 0.1) is 16.7 Å². The number of hydrogen-bond donors (Lipinski definition) is 0. The number of carbonyl (C=O) groups excluding carboxylic acids is 1. The van der Waals surface area contributed by atoms with Crippen LogP contribution in [0.4, 0.5) is 0 Å². The molecule has 0 radical (unpaired) electrons. The predicted octanol–water partition coefficient (Wildman–Crippen LogP) is 2.75. The molecule has 1 aromatic heterocycles. The second kappa shape index (κ2) is 6.49. The first-order valence-corrected chi connectivity index (χ1v) is 9.73. The molecular weight excluding hydrogens is 312 g/mol. The first-order chi connectivity index (χ1) is 12.1. The number of nitrogens with zero attached hydrogens (tertiary/aromatic N) is 4. The van der Waals surface area contributed by atoms with Crippen LogP contribution < -0.4 is 0 Å². The number of rotatable bonds is 4. The molecule has 1 spiro atoms. The van der Waals surface area contributed by atoms with Crippen molar-refractivity contribution in [3.63, 3.8) is 0 Å². The van der Waals surface area contributed by atoms with Gasteiger partial charge in [-0.25, -0.2) is 0 Å². The van der Waals surface area contributed by atoms with E-state index in [0.717, 1.165) is 51.3 Å². The van der Waals surface area contributed by atoms with Crippen molar-refractivity contribution < 1.29 is 4.79 Å². The van der Waals surface area contributed by atoms with Gasteiger partial charge in [-0.2, -0.15) is 5.26 Å². The SMILES string of the molecule is CCn1cc(CN2CCC[C@@]3(CCC(=O)N(C4CC4)C3)C2)cc1C#N. The van der Waals surface area contributed by atoms with E-state index < -0.39 is 0 Å². The van der Waals surface area contributed by atoms with E-state index in [1.54, 1.807) is 0 Å². The highest BCUT2D eigenvalue weighted by atomic mass is 16.2. The molecule has 5 nitrogen and oxygen atoms in total. The Bertz CT molecular complexity index is 699. The van der Waals surface area contributed by atoms with Crippen LogP contribution >= 0.6 is 0 Å². The van der Waals surface area contributed by atoms with Crippen LogP contribution in [0.3, 0.4) is 0 Å². The van der Waals surface area contributed by atoms with E-state index in [-0.39, 0.29) is 0 Å². The lowest BCUT2D eigenvalue weighted by Crippen LogP contribution is -2.54. The fourth-order valence-electron chi connectivity index (χ4n) is 4.81. The molecule has 2 saturated heterocycles. The minimum atomic E-state index is 0.292. The van der Waals surface area contributed by atoms with Gasteiger partial charge < -0.3 is 9.47 Å². The minimum absolute atomic E-state index is 0.292. The van der Waals surface area contributed by atoms with Gasteiger partial charge in [0.05, 0.1) is 0 Å². The molecule has 5 heteroatoms. The van der Waals surface area contributed by atoms with Crippen molar-refractivity contribution in [1.29, 1.82) is 5.26 Å². The van der Waals surface area contributed by atoms with Crippen molar-refractivity contribution in [2.45, 2.75) is 64.6 Å². The summed E-state index contributed by atoms with van der Waals surface area (Å²) in [6.45, 7) is 7.01. The highest BCUT2D eigenvalue weighted by molar-refractivity contribution is 5.78. The second-order valence-corrected chi connectivity index (χ2v) is 8.20. The summed E-state index contributed by atoms with van der Waals surface area (Å²) in [7, 11) is 0. The van der Waals surface area contributed by atoms with Gasteiger partial charge in [0.2, 0.25) is 5.91 Å². The summed E-state index contributed by atoms with van der Waals surface area (Å²) in [4.78, 5) is 17.0. The second-order valence-electron chi connectivity index (χ2n) is 8.20. The topological polar surface area (TPSA) is 52.3 Å². The van der Waals surface area contributed by atoms with Crippen LogP contribution in [0.15, 0.2) is 12.3 Å². The monoisotopic (exact) mass is 340 g/mol. The van der Waals surface area contributed by atoms with E-state index in [1.165, 1.54) is 31.2 Å². The van der Waals surface area contributed by atoms with Gasteiger partial charge in [-0.3, -0.25) is 9.69 Å². The fourth-order valence-corrected chi connectivity index (χ4v) is 4.81. The van der Waals surface area contributed by atoms with Gasteiger partial charge in [0.1, 0.15) is 11.8 Å². The Balaban J connectivity index is 1.45. The number of carbonyl (C=O) groups is 1. The normalized spacial score (nSPS) is 27.7. The van der Waals surface area contributed by atoms with E-state index in [0.29, 0.717) is 17.4 Å². The Kier molecular flexibility index (Phi) is 4.33. The van der Waals surface area contributed by atoms with E-state index in [2.05, 4.69) is 29.0 Å². The van der Waals surface area contributed by atoms with Gasteiger partial charge in [0, 0.05) is 50.3 Å². The molecule has 0 bridgehead atoms. The smallest absolute Gasteiger partial charge is 0.222 e. The van der Waals surface area contributed by atoms with Gasteiger partial charge >= 0.3 is 0 Å². The molecule has 1 amide bonds. The molecule has 25 heavy (non-hydrogen) atoms. The maximum atomic E-state index is 12.3. The van der Waals surface area contributed by atoms with Crippen LogP contribution in [0.1, 0.15) is 56.7 Å². The molecule has 1 saturated carbocycles. The molecule has 0 unspecified atom stereocenters. The lowest BCUT2D eigenvalue weighted by Gasteiger charge is -2.48. The molecule has 134 valence electrons. The molecular formula is C20H28N4O.